The number of halogens is 3. The number of nitrogens with zero attached hydrogens (tertiary/aromatic N) is 3. The number of aryl methyl sites for hydroxylation is 1. The van der Waals surface area contributed by atoms with E-state index in [2.05, 4.69) is 5.10 Å². The molecule has 2 aromatic rings. The summed E-state index contributed by atoms with van der Waals surface area (Å²) in [4.78, 5) is 13.3. The minimum absolute atomic E-state index is 0.171. The van der Waals surface area contributed by atoms with Gasteiger partial charge in [-0.2, -0.15) is 18.3 Å². The molecule has 0 amide bonds. The highest BCUT2D eigenvalue weighted by Gasteiger charge is 2.47. The van der Waals surface area contributed by atoms with E-state index in [-0.39, 0.29) is 13.0 Å². The third-order valence-corrected chi connectivity index (χ3v) is 7.60. The van der Waals surface area contributed by atoms with Crippen LogP contribution in [0.3, 0.4) is 0 Å². The summed E-state index contributed by atoms with van der Waals surface area (Å²) in [7, 11) is -3.22. The zero-order valence-corrected chi connectivity index (χ0v) is 19.3. The van der Waals surface area contributed by atoms with Crippen molar-refractivity contribution in [3.05, 3.63) is 41.6 Å². The van der Waals surface area contributed by atoms with Crippen LogP contribution in [0, 0.1) is 6.92 Å². The van der Waals surface area contributed by atoms with Crippen molar-refractivity contribution >= 4 is 21.6 Å². The first kappa shape index (κ1) is 24.1. The average molecular weight is 474 g/mol. The maximum absolute atomic E-state index is 13.5. The van der Waals surface area contributed by atoms with Gasteiger partial charge in [-0.05, 0) is 46.2 Å². The number of methoxy groups -OCH3 is 1. The molecule has 0 bridgehead atoms. The van der Waals surface area contributed by atoms with E-state index in [1.807, 2.05) is 20.8 Å². The number of anilines is 1. The van der Waals surface area contributed by atoms with E-state index in [1.165, 1.54) is 13.2 Å². The molecule has 1 fully saturated rings. The smallest absolute Gasteiger partial charge is 0.417 e. The number of hydrogen-bond donors (Lipinski definition) is 0. The summed E-state index contributed by atoms with van der Waals surface area (Å²) in [6.07, 6.45) is -5.03. The van der Waals surface area contributed by atoms with Crippen molar-refractivity contribution in [3.8, 4) is 0 Å². The zero-order valence-electron chi connectivity index (χ0n) is 18.5. The summed E-state index contributed by atoms with van der Waals surface area (Å²) in [6.45, 7) is 7.30. The predicted molar refractivity (Wildman–Crippen MR) is 112 cm³/mol. The summed E-state index contributed by atoms with van der Waals surface area (Å²) in [6, 6.07) is 4.84. The van der Waals surface area contributed by atoms with Crippen LogP contribution in [0.1, 0.15) is 38.4 Å². The van der Waals surface area contributed by atoms with Crippen LogP contribution in [0.4, 0.5) is 19.0 Å². The van der Waals surface area contributed by atoms with Gasteiger partial charge in [0, 0.05) is 12.6 Å². The molecule has 0 radical (unpaired) electrons. The van der Waals surface area contributed by atoms with Gasteiger partial charge in [0.05, 0.1) is 34.1 Å². The van der Waals surface area contributed by atoms with Crippen LogP contribution in [-0.2, 0) is 31.1 Å². The molecule has 1 saturated heterocycles. The number of carbonyl (C=O) groups is 1. The van der Waals surface area contributed by atoms with Crippen molar-refractivity contribution in [2.24, 2.45) is 0 Å². The molecule has 3 rings (SSSR count). The van der Waals surface area contributed by atoms with Crippen LogP contribution in [-0.4, -0.2) is 49.1 Å². The van der Waals surface area contributed by atoms with Crippen LogP contribution in [0.25, 0.3) is 0 Å². The molecule has 2 unspecified atom stereocenters. The fourth-order valence-electron chi connectivity index (χ4n) is 3.95. The number of benzene rings is 1. The first-order valence-electron chi connectivity index (χ1n) is 9.99. The third kappa shape index (κ3) is 4.35. The largest absolute Gasteiger partial charge is 0.467 e. The molecule has 1 aliphatic rings. The van der Waals surface area contributed by atoms with Gasteiger partial charge in [0.2, 0.25) is 0 Å². The summed E-state index contributed by atoms with van der Waals surface area (Å²) >= 11 is 0. The summed E-state index contributed by atoms with van der Waals surface area (Å²) < 4.78 is 73.7. The van der Waals surface area contributed by atoms with E-state index < -0.39 is 49.3 Å². The summed E-state index contributed by atoms with van der Waals surface area (Å²) in [5.41, 5.74) is -1.04. The van der Waals surface area contributed by atoms with Crippen molar-refractivity contribution in [1.82, 2.24) is 9.78 Å². The van der Waals surface area contributed by atoms with Crippen molar-refractivity contribution in [2.75, 3.05) is 18.6 Å². The van der Waals surface area contributed by atoms with Crippen LogP contribution < -0.4 is 4.90 Å². The Bertz CT molecular complexity index is 1120. The highest BCUT2D eigenvalue weighted by molar-refractivity contribution is 7.92. The van der Waals surface area contributed by atoms with Crippen molar-refractivity contribution < 1.29 is 31.1 Å². The fraction of sp³-hybridized carbons (Fsp3) is 0.524. The number of rotatable bonds is 4. The zero-order chi connectivity index (χ0) is 24.1. The van der Waals surface area contributed by atoms with Crippen molar-refractivity contribution in [2.45, 2.75) is 62.0 Å². The maximum atomic E-state index is 13.5. The lowest BCUT2D eigenvalue weighted by Crippen LogP contribution is -2.40. The molecule has 176 valence electrons. The Morgan fingerprint density at radius 3 is 2.38 bits per heavy atom. The molecule has 1 aliphatic heterocycles. The lowest BCUT2D eigenvalue weighted by Gasteiger charge is -2.30. The van der Waals surface area contributed by atoms with Gasteiger partial charge in [0.1, 0.15) is 11.9 Å². The van der Waals surface area contributed by atoms with Crippen molar-refractivity contribution in [3.63, 3.8) is 0 Å². The molecule has 2 atom stereocenters. The Morgan fingerprint density at radius 1 is 1.19 bits per heavy atom. The first-order chi connectivity index (χ1) is 14.7. The quantitative estimate of drug-likeness (QED) is 0.632. The number of carbonyl (C=O) groups excluding carboxylic acids is 1. The van der Waals surface area contributed by atoms with E-state index >= 15 is 0 Å². The van der Waals surface area contributed by atoms with E-state index in [4.69, 9.17) is 4.74 Å². The maximum Gasteiger partial charge on any atom is 0.417 e. The van der Waals surface area contributed by atoms with Gasteiger partial charge in [-0.1, -0.05) is 12.1 Å². The van der Waals surface area contributed by atoms with Crippen LogP contribution in [0.5, 0.6) is 0 Å². The minimum atomic E-state index is -4.83. The molecule has 0 saturated carbocycles. The van der Waals surface area contributed by atoms with Gasteiger partial charge < -0.3 is 9.64 Å². The molecule has 1 aromatic carbocycles. The number of hydrogen-bond acceptors (Lipinski definition) is 6. The summed E-state index contributed by atoms with van der Waals surface area (Å²) in [5.74, 6) is -0.154. The number of esters is 1. The third-order valence-electron chi connectivity index (χ3n) is 5.42. The minimum Gasteiger partial charge on any atom is -0.467 e. The Morgan fingerprint density at radius 2 is 1.81 bits per heavy atom. The SMILES string of the molecule is COC(=O)C1CC(S(=O)(=O)c2ccccc2C(F)(F)F)CN1c1cc(C)nn1C(C)(C)C. The number of aromatic nitrogens is 2. The molecule has 11 heteroatoms. The van der Waals surface area contributed by atoms with E-state index in [0.29, 0.717) is 11.5 Å². The molecule has 0 aliphatic carbocycles. The van der Waals surface area contributed by atoms with E-state index in [9.17, 15) is 26.4 Å². The predicted octanol–water partition coefficient (Wildman–Crippen LogP) is 3.56. The average Bonchev–Trinajstić information content (AvgIpc) is 3.30. The standard InChI is InChI=1S/C21H26F3N3O4S/c1-13-10-18(27(25-13)20(2,3)4)26-12-14(11-16(26)19(28)31-5)32(29,30)17-9-7-6-8-15(17)21(22,23)24/h6-10,14,16H,11-12H2,1-5H3. The second-order valence-electron chi connectivity index (χ2n) is 8.81. The molecule has 2 heterocycles. The molecule has 0 N–H and O–H groups in total. The van der Waals surface area contributed by atoms with E-state index in [0.717, 1.165) is 18.2 Å². The molecule has 1 aromatic heterocycles. The Labute approximate surface area is 185 Å². The Hall–Kier alpha value is -2.56. The monoisotopic (exact) mass is 473 g/mol. The Kier molecular flexibility index (Phi) is 6.09. The normalized spacial score (nSPS) is 19.9. The first-order valence-corrected chi connectivity index (χ1v) is 11.5. The molecule has 7 nitrogen and oxygen atoms in total. The number of ether oxygens (including phenoxy) is 1. The second-order valence-corrected chi connectivity index (χ2v) is 11.0. The van der Waals surface area contributed by atoms with Gasteiger partial charge in [0.25, 0.3) is 0 Å². The van der Waals surface area contributed by atoms with Gasteiger partial charge in [-0.15, -0.1) is 0 Å². The highest BCUT2D eigenvalue weighted by atomic mass is 32.2. The van der Waals surface area contributed by atoms with Crippen LogP contribution in [0.2, 0.25) is 0 Å². The highest BCUT2D eigenvalue weighted by Crippen LogP contribution is 2.39. The second kappa shape index (κ2) is 8.09. The fourth-order valence-corrected chi connectivity index (χ4v) is 5.86. The lowest BCUT2D eigenvalue weighted by molar-refractivity contribution is -0.142. The summed E-state index contributed by atoms with van der Waals surface area (Å²) in [5, 5.41) is 3.23. The Balaban J connectivity index is 2.09. The van der Waals surface area contributed by atoms with E-state index in [1.54, 1.807) is 22.6 Å². The van der Waals surface area contributed by atoms with Gasteiger partial charge >= 0.3 is 12.1 Å². The van der Waals surface area contributed by atoms with Gasteiger partial charge in [-0.3, -0.25) is 0 Å². The lowest BCUT2D eigenvalue weighted by atomic mass is 10.1. The molecule has 0 spiro atoms. The van der Waals surface area contributed by atoms with Crippen molar-refractivity contribution in [1.29, 1.82) is 0 Å². The molecule has 32 heavy (non-hydrogen) atoms. The van der Waals surface area contributed by atoms with Crippen LogP contribution in [0.15, 0.2) is 35.2 Å². The molecular weight excluding hydrogens is 447 g/mol. The topological polar surface area (TPSA) is 81.5 Å². The molecular formula is C21H26F3N3O4S. The van der Waals surface area contributed by atoms with Gasteiger partial charge in [0.15, 0.2) is 9.84 Å². The number of alkyl halides is 3. The van der Waals surface area contributed by atoms with Crippen LogP contribution >= 0.6 is 0 Å². The number of sulfone groups is 1. The van der Waals surface area contributed by atoms with Gasteiger partial charge in [-0.25, -0.2) is 17.9 Å².